The number of unbranched alkanes of at least 4 members (excludes halogenated alkanes) is 12. The summed E-state index contributed by atoms with van der Waals surface area (Å²) in [5.41, 5.74) is 0. The van der Waals surface area contributed by atoms with Gasteiger partial charge in [-0.3, -0.25) is 18.6 Å². The lowest BCUT2D eigenvalue weighted by atomic mass is 10.1. The lowest BCUT2D eigenvalue weighted by molar-refractivity contribution is -0.870. The topological polar surface area (TPSA) is 108 Å². The van der Waals surface area contributed by atoms with E-state index in [0.29, 0.717) is 23.9 Å². The predicted octanol–water partition coefficient (Wildman–Crippen LogP) is 6.56. The fraction of sp³-hybridized carbons (Fsp3) is 0.929. The summed E-state index contributed by atoms with van der Waals surface area (Å²) in [7, 11) is 1.48. The van der Waals surface area contributed by atoms with Crippen molar-refractivity contribution in [3.63, 3.8) is 0 Å². The van der Waals surface area contributed by atoms with E-state index in [2.05, 4.69) is 6.92 Å². The minimum atomic E-state index is -4.33. The second-order valence-corrected chi connectivity index (χ2v) is 12.6. The molecule has 2 unspecified atom stereocenters. The molecular weight excluding hydrogens is 509 g/mol. The van der Waals surface area contributed by atoms with Crippen LogP contribution in [0.2, 0.25) is 0 Å². The second kappa shape index (κ2) is 22.8. The van der Waals surface area contributed by atoms with Crippen molar-refractivity contribution in [2.24, 2.45) is 0 Å². The van der Waals surface area contributed by atoms with Crippen LogP contribution in [0.3, 0.4) is 0 Å². The van der Waals surface area contributed by atoms with Gasteiger partial charge in [-0.25, -0.2) is 4.57 Å². The maximum atomic E-state index is 12.2. The Bertz CT molecular complexity index is 653. The molecule has 2 atom stereocenters. The molecule has 0 amide bonds. The normalized spacial score (nSPS) is 14.2. The Morgan fingerprint density at radius 1 is 0.711 bits per heavy atom. The lowest BCUT2D eigenvalue weighted by Crippen LogP contribution is -2.37. The molecule has 0 heterocycles. The van der Waals surface area contributed by atoms with Crippen LogP contribution >= 0.6 is 7.82 Å². The van der Waals surface area contributed by atoms with Crippen LogP contribution in [0.25, 0.3) is 0 Å². The quantitative estimate of drug-likeness (QED) is 0.0543. The first kappa shape index (κ1) is 37.0. The Morgan fingerprint density at radius 2 is 1.18 bits per heavy atom. The van der Waals surface area contributed by atoms with Crippen LogP contribution < -0.4 is 0 Å². The van der Waals surface area contributed by atoms with E-state index in [0.717, 1.165) is 32.1 Å². The van der Waals surface area contributed by atoms with E-state index >= 15 is 0 Å². The molecule has 0 aliphatic rings. The van der Waals surface area contributed by atoms with Crippen LogP contribution in [0.1, 0.15) is 117 Å². The van der Waals surface area contributed by atoms with Crippen LogP contribution in [0.4, 0.5) is 0 Å². The number of quaternary nitrogens is 1. The third-order valence-electron chi connectivity index (χ3n) is 6.14. The number of nitrogens with zero attached hydrogens (tertiary/aromatic N) is 1. The van der Waals surface area contributed by atoms with Gasteiger partial charge in [-0.05, 0) is 12.8 Å². The zero-order valence-electron chi connectivity index (χ0n) is 24.9. The number of hydrogen-bond donors (Lipinski definition) is 1. The SMILES string of the molecule is CCCCCCCCCCCCCC(=O)OCC(COP(=O)(O)OCC[N+](C)(C)C)OC(=O)CCCCC. The van der Waals surface area contributed by atoms with Crippen LogP contribution in [0, 0.1) is 0 Å². The molecule has 0 aromatic heterocycles. The highest BCUT2D eigenvalue weighted by atomic mass is 31.2. The summed E-state index contributed by atoms with van der Waals surface area (Å²) in [6.45, 7) is 4.19. The monoisotopic (exact) mass is 566 g/mol. The number of esters is 2. The van der Waals surface area contributed by atoms with Crippen molar-refractivity contribution < 1.29 is 42.1 Å². The highest BCUT2D eigenvalue weighted by molar-refractivity contribution is 7.47. The highest BCUT2D eigenvalue weighted by Gasteiger charge is 2.27. The molecule has 226 valence electrons. The summed E-state index contributed by atoms with van der Waals surface area (Å²) >= 11 is 0. The molecule has 0 bridgehead atoms. The first-order valence-electron chi connectivity index (χ1n) is 14.8. The van der Waals surface area contributed by atoms with E-state index < -0.39 is 26.5 Å². The Hall–Kier alpha value is -0.990. The number of carbonyl (C=O) groups is 2. The smallest absolute Gasteiger partial charge is 0.462 e. The maximum Gasteiger partial charge on any atom is 0.472 e. The van der Waals surface area contributed by atoms with Gasteiger partial charge in [-0.15, -0.1) is 0 Å². The van der Waals surface area contributed by atoms with Gasteiger partial charge in [0.2, 0.25) is 0 Å². The van der Waals surface area contributed by atoms with Gasteiger partial charge in [-0.1, -0.05) is 90.9 Å². The van der Waals surface area contributed by atoms with E-state index in [9.17, 15) is 19.0 Å². The van der Waals surface area contributed by atoms with Crippen molar-refractivity contribution in [2.75, 3.05) is 47.5 Å². The van der Waals surface area contributed by atoms with Crippen molar-refractivity contribution >= 4 is 19.8 Å². The van der Waals surface area contributed by atoms with Crippen molar-refractivity contribution in [1.82, 2.24) is 0 Å². The average Bonchev–Trinajstić information content (AvgIpc) is 2.83. The molecular formula is C28H57NO8P+. The summed E-state index contributed by atoms with van der Waals surface area (Å²) in [5.74, 6) is -0.827. The molecule has 0 spiro atoms. The van der Waals surface area contributed by atoms with Crippen molar-refractivity contribution in [2.45, 2.75) is 123 Å². The summed E-state index contributed by atoms with van der Waals surface area (Å²) in [6.07, 6.45) is 15.2. The minimum Gasteiger partial charge on any atom is -0.462 e. The number of ether oxygens (including phenoxy) is 2. The van der Waals surface area contributed by atoms with E-state index in [1.807, 2.05) is 28.1 Å². The predicted molar refractivity (Wildman–Crippen MR) is 151 cm³/mol. The Balaban J connectivity index is 4.36. The average molecular weight is 567 g/mol. The zero-order valence-corrected chi connectivity index (χ0v) is 25.8. The van der Waals surface area contributed by atoms with Gasteiger partial charge in [0.25, 0.3) is 0 Å². The third kappa shape index (κ3) is 25.3. The third-order valence-corrected chi connectivity index (χ3v) is 7.12. The van der Waals surface area contributed by atoms with Gasteiger partial charge in [-0.2, -0.15) is 0 Å². The summed E-state index contributed by atoms with van der Waals surface area (Å²) in [4.78, 5) is 34.4. The molecule has 0 radical (unpaired) electrons. The van der Waals surface area contributed by atoms with Gasteiger partial charge in [0.1, 0.15) is 19.8 Å². The molecule has 0 saturated heterocycles. The molecule has 0 rings (SSSR count). The van der Waals surface area contributed by atoms with E-state index in [1.54, 1.807) is 0 Å². The first-order chi connectivity index (χ1) is 18.0. The van der Waals surface area contributed by atoms with Crippen molar-refractivity contribution in [3.8, 4) is 0 Å². The molecule has 10 heteroatoms. The summed E-state index contributed by atoms with van der Waals surface area (Å²) < 4.78 is 33.5. The van der Waals surface area contributed by atoms with Gasteiger partial charge < -0.3 is 18.9 Å². The highest BCUT2D eigenvalue weighted by Crippen LogP contribution is 2.43. The fourth-order valence-corrected chi connectivity index (χ4v) is 4.46. The maximum absolute atomic E-state index is 12.2. The molecule has 0 aromatic carbocycles. The van der Waals surface area contributed by atoms with Gasteiger partial charge in [0.05, 0.1) is 27.7 Å². The van der Waals surface area contributed by atoms with E-state index in [-0.39, 0.29) is 25.6 Å². The lowest BCUT2D eigenvalue weighted by Gasteiger charge is -2.24. The van der Waals surface area contributed by atoms with Crippen LogP contribution in [-0.2, 0) is 32.7 Å². The summed E-state index contributed by atoms with van der Waals surface area (Å²) in [6, 6.07) is 0. The second-order valence-electron chi connectivity index (χ2n) is 11.1. The van der Waals surface area contributed by atoms with Crippen LogP contribution in [0.15, 0.2) is 0 Å². The largest absolute Gasteiger partial charge is 0.472 e. The number of hydrogen-bond acceptors (Lipinski definition) is 7. The molecule has 0 aromatic rings. The molecule has 9 nitrogen and oxygen atoms in total. The number of phosphoric ester groups is 1. The Kier molecular flexibility index (Phi) is 22.2. The molecule has 0 aliphatic carbocycles. The Labute approximate surface area is 232 Å². The Morgan fingerprint density at radius 3 is 1.74 bits per heavy atom. The molecule has 38 heavy (non-hydrogen) atoms. The number of likely N-dealkylation sites (N-methyl/N-ethyl adjacent to an activating group) is 1. The molecule has 0 fully saturated rings. The fourth-order valence-electron chi connectivity index (χ4n) is 3.72. The van der Waals surface area contributed by atoms with E-state index in [1.165, 1.54) is 51.4 Å². The van der Waals surface area contributed by atoms with E-state index in [4.69, 9.17) is 18.5 Å². The van der Waals surface area contributed by atoms with Gasteiger partial charge >= 0.3 is 19.8 Å². The molecule has 1 N–H and O–H groups in total. The minimum absolute atomic E-state index is 0.0344. The zero-order chi connectivity index (χ0) is 28.7. The van der Waals surface area contributed by atoms with Gasteiger partial charge in [0.15, 0.2) is 6.10 Å². The van der Waals surface area contributed by atoms with Crippen molar-refractivity contribution in [3.05, 3.63) is 0 Å². The molecule has 0 aliphatic heterocycles. The number of phosphoric acid groups is 1. The summed E-state index contributed by atoms with van der Waals surface area (Å²) in [5, 5.41) is 0. The van der Waals surface area contributed by atoms with Gasteiger partial charge in [0, 0.05) is 12.8 Å². The van der Waals surface area contributed by atoms with Crippen LogP contribution in [-0.4, -0.2) is 74.9 Å². The van der Waals surface area contributed by atoms with Crippen molar-refractivity contribution in [1.29, 1.82) is 0 Å². The number of carbonyl (C=O) groups excluding carboxylic acids is 2. The van der Waals surface area contributed by atoms with Crippen LogP contribution in [0.5, 0.6) is 0 Å². The molecule has 0 saturated carbocycles. The first-order valence-corrected chi connectivity index (χ1v) is 16.3. The standard InChI is InChI=1S/C28H56NO8P/c1-6-8-10-11-12-13-14-15-16-17-19-20-27(30)34-24-26(37-28(31)21-18-9-7-2)25-36-38(32,33)35-23-22-29(3,4)5/h26H,6-25H2,1-5H3/p+1. The number of rotatable bonds is 26.